The highest BCUT2D eigenvalue weighted by Gasteiger charge is 2.35. The van der Waals surface area contributed by atoms with Crippen LogP contribution in [0.5, 0.6) is 0 Å². The molecule has 1 amide bonds. The van der Waals surface area contributed by atoms with Gasteiger partial charge in [0.2, 0.25) is 5.82 Å². The molecule has 5 rings (SSSR count). The Labute approximate surface area is 222 Å². The summed E-state index contributed by atoms with van der Waals surface area (Å²) in [6.07, 6.45) is 6.10. The number of rotatable bonds is 6. The fraction of sp³-hybridized carbons (Fsp3) is 0.704. The molecule has 0 saturated carbocycles. The molecule has 3 aliphatic rings. The lowest BCUT2D eigenvalue weighted by Crippen LogP contribution is -2.47. The van der Waals surface area contributed by atoms with Crippen LogP contribution < -0.4 is 10.2 Å². The number of hydrogen-bond donors (Lipinski definition) is 1. The number of alkyl halides is 3. The fourth-order valence-corrected chi connectivity index (χ4v) is 5.81. The van der Waals surface area contributed by atoms with Crippen LogP contribution in [-0.2, 0) is 6.18 Å². The minimum atomic E-state index is -4.62. The van der Waals surface area contributed by atoms with E-state index < -0.39 is 17.6 Å². The van der Waals surface area contributed by atoms with Crippen LogP contribution >= 0.6 is 0 Å². The molecule has 0 atom stereocenters. The van der Waals surface area contributed by atoms with Crippen molar-refractivity contribution in [1.82, 2.24) is 30.1 Å². The zero-order valence-corrected chi connectivity index (χ0v) is 22.0. The number of nitrogens with zero attached hydrogens (tertiary/aromatic N) is 6. The first-order valence-electron chi connectivity index (χ1n) is 14.1. The van der Waals surface area contributed by atoms with E-state index in [0.717, 1.165) is 70.8 Å². The molecular formula is C27H38F3N7O. The van der Waals surface area contributed by atoms with Gasteiger partial charge in [-0.1, -0.05) is 19.3 Å². The van der Waals surface area contributed by atoms with Crippen LogP contribution in [0.1, 0.15) is 74.0 Å². The van der Waals surface area contributed by atoms with E-state index in [4.69, 9.17) is 0 Å². The summed E-state index contributed by atoms with van der Waals surface area (Å²) in [5.41, 5.74) is -1.15. The van der Waals surface area contributed by atoms with Gasteiger partial charge in [-0.15, -0.1) is 0 Å². The maximum atomic E-state index is 14.1. The molecule has 0 radical (unpaired) electrons. The first-order chi connectivity index (χ1) is 18.4. The Kier molecular flexibility index (Phi) is 8.62. The molecule has 0 aliphatic carbocycles. The van der Waals surface area contributed by atoms with Crippen molar-refractivity contribution in [3.63, 3.8) is 0 Å². The molecule has 3 fully saturated rings. The van der Waals surface area contributed by atoms with Crippen molar-refractivity contribution in [3.05, 3.63) is 23.7 Å². The SMILES string of the molecule is O=C(NC1CCN(CCN2CCCCC2)CC1)c1ncc2nc(N3CCCCCC3)cc(C(F)(F)F)c2n1. The Bertz CT molecular complexity index is 1090. The van der Waals surface area contributed by atoms with Crippen molar-refractivity contribution < 1.29 is 18.0 Å². The number of anilines is 1. The third-order valence-electron chi connectivity index (χ3n) is 8.08. The Morgan fingerprint density at radius 3 is 2.13 bits per heavy atom. The minimum absolute atomic E-state index is 0.0429. The van der Waals surface area contributed by atoms with Gasteiger partial charge in [0, 0.05) is 45.3 Å². The normalized spacial score (nSPS) is 21.0. The highest BCUT2D eigenvalue weighted by molar-refractivity contribution is 5.93. The van der Waals surface area contributed by atoms with Crippen LogP contribution in [0.15, 0.2) is 12.3 Å². The molecule has 2 aromatic heterocycles. The molecule has 5 heterocycles. The van der Waals surface area contributed by atoms with Crippen molar-refractivity contribution in [2.75, 3.05) is 57.3 Å². The summed E-state index contributed by atoms with van der Waals surface area (Å²) in [5, 5.41) is 2.94. The van der Waals surface area contributed by atoms with E-state index in [2.05, 4.69) is 30.1 Å². The molecule has 0 unspecified atom stereocenters. The van der Waals surface area contributed by atoms with Crippen LogP contribution in [-0.4, -0.2) is 89.1 Å². The summed E-state index contributed by atoms with van der Waals surface area (Å²) in [6, 6.07) is 1.03. The Hall–Kier alpha value is -2.53. The van der Waals surface area contributed by atoms with Gasteiger partial charge in [-0.05, 0) is 57.7 Å². The number of carbonyl (C=O) groups excluding carboxylic acids is 1. The van der Waals surface area contributed by atoms with Crippen molar-refractivity contribution >= 4 is 22.8 Å². The van der Waals surface area contributed by atoms with E-state index in [9.17, 15) is 18.0 Å². The second-order valence-electron chi connectivity index (χ2n) is 10.8. The average Bonchev–Trinajstić information content (AvgIpc) is 3.21. The number of amides is 1. The molecule has 38 heavy (non-hydrogen) atoms. The summed E-state index contributed by atoms with van der Waals surface area (Å²) in [5.74, 6) is -0.497. The number of halogens is 3. The highest BCUT2D eigenvalue weighted by Crippen LogP contribution is 2.36. The van der Waals surface area contributed by atoms with Crippen LogP contribution in [0, 0.1) is 0 Å². The number of likely N-dealkylation sites (tertiary alicyclic amines) is 2. The van der Waals surface area contributed by atoms with E-state index in [1.165, 1.54) is 38.5 Å². The van der Waals surface area contributed by atoms with Gasteiger partial charge in [-0.2, -0.15) is 13.2 Å². The van der Waals surface area contributed by atoms with Crippen LogP contribution in [0.2, 0.25) is 0 Å². The highest BCUT2D eigenvalue weighted by atomic mass is 19.4. The molecule has 2 aromatic rings. The number of nitrogens with one attached hydrogen (secondary N) is 1. The summed E-state index contributed by atoms with van der Waals surface area (Å²) >= 11 is 0. The van der Waals surface area contributed by atoms with Gasteiger partial charge in [-0.3, -0.25) is 4.79 Å². The molecule has 0 spiro atoms. The van der Waals surface area contributed by atoms with Gasteiger partial charge < -0.3 is 20.0 Å². The molecule has 1 N–H and O–H groups in total. The molecule has 11 heteroatoms. The maximum absolute atomic E-state index is 14.1. The fourth-order valence-electron chi connectivity index (χ4n) is 5.81. The minimum Gasteiger partial charge on any atom is -0.357 e. The quantitative estimate of drug-likeness (QED) is 0.599. The molecule has 0 bridgehead atoms. The molecular weight excluding hydrogens is 495 g/mol. The number of hydrogen-bond acceptors (Lipinski definition) is 7. The number of fused-ring (bicyclic) bond motifs is 1. The molecule has 0 aromatic carbocycles. The zero-order chi connectivity index (χ0) is 26.5. The van der Waals surface area contributed by atoms with E-state index in [1.54, 1.807) is 0 Å². The predicted octanol–water partition coefficient (Wildman–Crippen LogP) is 4.10. The Morgan fingerprint density at radius 1 is 0.868 bits per heavy atom. The second-order valence-corrected chi connectivity index (χ2v) is 10.8. The van der Waals surface area contributed by atoms with E-state index in [0.29, 0.717) is 18.9 Å². The monoisotopic (exact) mass is 533 g/mol. The lowest BCUT2D eigenvalue weighted by molar-refractivity contribution is -0.136. The van der Waals surface area contributed by atoms with E-state index in [-0.39, 0.29) is 22.9 Å². The first-order valence-corrected chi connectivity index (χ1v) is 14.1. The summed E-state index contributed by atoms with van der Waals surface area (Å²) in [6.45, 7) is 7.60. The van der Waals surface area contributed by atoms with Gasteiger partial charge in [-0.25, -0.2) is 15.0 Å². The van der Waals surface area contributed by atoms with Gasteiger partial charge in [0.1, 0.15) is 16.9 Å². The predicted molar refractivity (Wildman–Crippen MR) is 140 cm³/mol. The third-order valence-corrected chi connectivity index (χ3v) is 8.08. The van der Waals surface area contributed by atoms with Crippen molar-refractivity contribution in [1.29, 1.82) is 0 Å². The van der Waals surface area contributed by atoms with Crippen LogP contribution in [0.3, 0.4) is 0 Å². The molecule has 208 valence electrons. The third kappa shape index (κ3) is 6.72. The van der Waals surface area contributed by atoms with E-state index in [1.807, 2.05) is 4.90 Å². The zero-order valence-electron chi connectivity index (χ0n) is 22.0. The average molecular weight is 534 g/mol. The smallest absolute Gasteiger partial charge is 0.357 e. The Morgan fingerprint density at radius 2 is 1.47 bits per heavy atom. The van der Waals surface area contributed by atoms with Crippen LogP contribution in [0.25, 0.3) is 11.0 Å². The molecule has 8 nitrogen and oxygen atoms in total. The van der Waals surface area contributed by atoms with Crippen molar-refractivity contribution in [3.8, 4) is 0 Å². The van der Waals surface area contributed by atoms with Gasteiger partial charge in [0.25, 0.3) is 5.91 Å². The summed E-state index contributed by atoms with van der Waals surface area (Å²) in [4.78, 5) is 32.4. The van der Waals surface area contributed by atoms with Gasteiger partial charge >= 0.3 is 6.18 Å². The Balaban J connectivity index is 1.23. The lowest BCUT2D eigenvalue weighted by atomic mass is 10.0. The van der Waals surface area contributed by atoms with Gasteiger partial charge in [0.15, 0.2) is 0 Å². The number of aromatic nitrogens is 3. The standard InChI is InChI=1S/C27H38F3N7O/c28-27(29,30)21-18-23(37-12-6-1-2-7-13-37)33-22-19-31-25(34-24(21)22)26(38)32-20-8-14-36(15-9-20)17-16-35-10-4-3-5-11-35/h18-20H,1-17H2,(H,32,38). The topological polar surface area (TPSA) is 77.5 Å². The molecule has 3 aliphatic heterocycles. The van der Waals surface area contributed by atoms with Crippen molar-refractivity contribution in [2.45, 2.75) is 70.0 Å². The number of piperidine rings is 2. The van der Waals surface area contributed by atoms with Gasteiger partial charge in [0.05, 0.1) is 11.8 Å². The lowest BCUT2D eigenvalue weighted by Gasteiger charge is -2.34. The van der Waals surface area contributed by atoms with Crippen LogP contribution in [0.4, 0.5) is 19.0 Å². The largest absolute Gasteiger partial charge is 0.418 e. The molecule has 3 saturated heterocycles. The summed E-state index contributed by atoms with van der Waals surface area (Å²) < 4.78 is 42.2. The summed E-state index contributed by atoms with van der Waals surface area (Å²) in [7, 11) is 0. The number of pyridine rings is 1. The maximum Gasteiger partial charge on any atom is 0.418 e. The second kappa shape index (κ2) is 12.1. The van der Waals surface area contributed by atoms with Crippen molar-refractivity contribution in [2.24, 2.45) is 0 Å². The van der Waals surface area contributed by atoms with E-state index >= 15 is 0 Å². The number of carbonyl (C=O) groups is 1. The first kappa shape index (κ1) is 27.1.